The Balaban J connectivity index is 0.000000177. The van der Waals surface area contributed by atoms with E-state index in [1.165, 1.54) is 46.2 Å². The second-order valence-corrected chi connectivity index (χ2v) is 24.7. The number of hydrogen-bond acceptors (Lipinski definition) is 10. The molecule has 0 radical (unpaired) electrons. The lowest BCUT2D eigenvalue weighted by Crippen LogP contribution is -2.47. The monoisotopic (exact) mass is 1290 g/mol. The second-order valence-electron chi connectivity index (χ2n) is 23.8. The molecule has 9 aromatic rings. The molecular weight excluding hydrogens is 1230 g/mol. The molecule has 4 aliphatic heterocycles. The number of benzene rings is 9. The van der Waals surface area contributed by atoms with Gasteiger partial charge in [-0.1, -0.05) is 155 Å². The standard InChI is InChI=1S/C38H28FN5O2.C36H32BrFN4O4/c39-34-16-14-32(15-17-34)38(33-13-5-11-28(20-33)27-10-3-6-25(18-27)21-40)36(46)44(37(41)42-38)22-26-7-4-12-29(19-26)35(45)43-23-30-8-1-2-9-31(30)24-43;1-35(2,3)46-34(45)39-33-40-36(27-14-16-30(38)17-15-27,28-12-7-13-29(37)19-28)32(44)42(33)20-23-8-6-11-24(18-23)31(43)41-21-25-9-4-5-10-26(25)22-41/h1-20H,22-24H2,(H2,41,42);4-19H,20-22H2,1-3H3,(H,39,40,45). The van der Waals surface area contributed by atoms with Crippen LogP contribution in [-0.4, -0.2) is 66.8 Å². The van der Waals surface area contributed by atoms with Crippen LogP contribution in [0, 0.1) is 23.0 Å². The van der Waals surface area contributed by atoms with Gasteiger partial charge in [0.15, 0.2) is 17.0 Å². The summed E-state index contributed by atoms with van der Waals surface area (Å²) in [5.41, 5.74) is 13.4. The third-order valence-electron chi connectivity index (χ3n) is 16.5. The molecule has 92 heavy (non-hydrogen) atoms. The molecular formula is C74H60BrF2N9O6. The summed E-state index contributed by atoms with van der Waals surface area (Å²) in [5, 5.41) is 12.1. The summed E-state index contributed by atoms with van der Waals surface area (Å²) in [4.78, 5) is 85.3. The highest BCUT2D eigenvalue weighted by atomic mass is 79.9. The predicted molar refractivity (Wildman–Crippen MR) is 348 cm³/mol. The molecule has 0 aromatic heterocycles. The highest BCUT2D eigenvalue weighted by Gasteiger charge is 2.53. The molecule has 0 aliphatic carbocycles. The summed E-state index contributed by atoms with van der Waals surface area (Å²) in [6, 6.07) is 65.4. The molecule has 4 aliphatic rings. The smallest absolute Gasteiger partial charge is 0.414 e. The van der Waals surface area contributed by atoms with E-state index in [0.717, 1.165) is 33.4 Å². The largest absolute Gasteiger partial charge is 0.444 e. The van der Waals surface area contributed by atoms with E-state index < -0.39 is 46.2 Å². The quantitative estimate of drug-likeness (QED) is 0.128. The molecule has 458 valence electrons. The Morgan fingerprint density at radius 3 is 1.50 bits per heavy atom. The molecule has 0 spiro atoms. The average molecular weight is 1290 g/mol. The van der Waals surface area contributed by atoms with Gasteiger partial charge in [0.05, 0.1) is 24.7 Å². The molecule has 9 aromatic carbocycles. The van der Waals surface area contributed by atoms with Crippen LogP contribution < -0.4 is 11.1 Å². The molecule has 0 bridgehead atoms. The summed E-state index contributed by atoms with van der Waals surface area (Å²) in [6.07, 6.45) is -0.786. The first-order chi connectivity index (χ1) is 44.3. The molecule has 13 rings (SSSR count). The van der Waals surface area contributed by atoms with Crippen molar-refractivity contribution >= 4 is 57.6 Å². The minimum atomic E-state index is -1.64. The van der Waals surface area contributed by atoms with Crippen LogP contribution in [0.25, 0.3) is 11.1 Å². The van der Waals surface area contributed by atoms with Gasteiger partial charge in [-0.2, -0.15) is 5.26 Å². The first-order valence-corrected chi connectivity index (χ1v) is 30.5. The number of aliphatic imine (C=N–C) groups is 2. The fraction of sp³-hybridized carbons (Fsp3) is 0.162. The van der Waals surface area contributed by atoms with Crippen molar-refractivity contribution in [3.05, 3.63) is 307 Å². The number of alkyl carbamates (subject to hydrolysis) is 1. The maximum atomic E-state index is 14.7. The second kappa shape index (κ2) is 25.2. The molecule has 2 unspecified atom stereocenters. The van der Waals surface area contributed by atoms with Gasteiger partial charge < -0.3 is 20.3 Å². The van der Waals surface area contributed by atoms with Crippen LogP contribution in [0.15, 0.2) is 233 Å². The molecule has 0 saturated carbocycles. The number of fused-ring (bicyclic) bond motifs is 2. The number of guanidine groups is 2. The Labute approximate surface area is 538 Å². The van der Waals surface area contributed by atoms with Crippen molar-refractivity contribution in [2.24, 2.45) is 15.7 Å². The summed E-state index contributed by atoms with van der Waals surface area (Å²) >= 11 is 3.49. The zero-order chi connectivity index (χ0) is 64.5. The van der Waals surface area contributed by atoms with E-state index >= 15 is 0 Å². The average Bonchev–Trinajstić information content (AvgIpc) is 1.55. The third kappa shape index (κ3) is 12.3. The summed E-state index contributed by atoms with van der Waals surface area (Å²) in [6.45, 7) is 7.41. The van der Waals surface area contributed by atoms with E-state index in [1.54, 1.807) is 122 Å². The van der Waals surface area contributed by atoms with Crippen molar-refractivity contribution in [3.63, 3.8) is 0 Å². The Kier molecular flexibility index (Phi) is 16.8. The number of carbonyl (C=O) groups is 5. The van der Waals surface area contributed by atoms with E-state index in [9.17, 15) is 38.0 Å². The summed E-state index contributed by atoms with van der Waals surface area (Å²) in [5.74, 6) is -2.00. The van der Waals surface area contributed by atoms with Crippen molar-refractivity contribution < 1.29 is 37.5 Å². The lowest BCUT2D eigenvalue weighted by molar-refractivity contribution is -0.131. The number of amides is 5. The van der Waals surface area contributed by atoms with E-state index in [0.29, 0.717) is 80.7 Å². The number of carbonyl (C=O) groups excluding carboxylic acids is 5. The fourth-order valence-corrected chi connectivity index (χ4v) is 12.5. The highest BCUT2D eigenvalue weighted by Crippen LogP contribution is 2.44. The first-order valence-electron chi connectivity index (χ1n) is 29.7. The van der Waals surface area contributed by atoms with Gasteiger partial charge in [0.2, 0.25) is 5.96 Å². The van der Waals surface area contributed by atoms with E-state index in [-0.39, 0.29) is 36.8 Å². The number of nitriles is 1. The Morgan fingerprint density at radius 2 is 1.00 bits per heavy atom. The topological polar surface area (TPSA) is 194 Å². The van der Waals surface area contributed by atoms with Crippen LogP contribution in [0.3, 0.4) is 0 Å². The Morgan fingerprint density at radius 1 is 0.554 bits per heavy atom. The van der Waals surface area contributed by atoms with Crippen LogP contribution >= 0.6 is 15.9 Å². The third-order valence-corrected chi connectivity index (χ3v) is 17.0. The van der Waals surface area contributed by atoms with Crippen LogP contribution in [-0.2, 0) is 64.7 Å². The van der Waals surface area contributed by atoms with Gasteiger partial charge in [-0.25, -0.2) is 23.6 Å². The van der Waals surface area contributed by atoms with Gasteiger partial charge in [0.25, 0.3) is 23.6 Å². The number of nitrogens with zero attached hydrogens (tertiary/aromatic N) is 7. The molecule has 2 atom stereocenters. The minimum Gasteiger partial charge on any atom is -0.444 e. The molecule has 0 saturated heterocycles. The SMILES string of the molecule is CC(C)(C)OC(=O)NC1=NC(c2ccc(F)cc2)(c2cccc(Br)c2)C(=O)N1Cc1cccc(C(=O)N2Cc3ccccc3C2)c1.N#Cc1cccc(-c2cccc(C3(c4ccc(F)cc4)N=C(N)N(Cc4cccc(C(=O)N5Cc6ccccc6C5)c4)C3=O)c2)c1. The molecule has 5 amide bonds. The maximum Gasteiger partial charge on any atom is 0.414 e. The van der Waals surface area contributed by atoms with Gasteiger partial charge in [-0.3, -0.25) is 34.3 Å². The van der Waals surface area contributed by atoms with Crippen molar-refractivity contribution in [2.45, 2.75) is 76.7 Å². The number of rotatable bonds is 11. The van der Waals surface area contributed by atoms with E-state index in [4.69, 9.17) is 20.5 Å². The predicted octanol–water partition coefficient (Wildman–Crippen LogP) is 13.0. The molecule has 18 heteroatoms. The highest BCUT2D eigenvalue weighted by molar-refractivity contribution is 9.10. The Hall–Kier alpha value is -10.9. The summed E-state index contributed by atoms with van der Waals surface area (Å²) < 4.78 is 34.4. The van der Waals surface area contributed by atoms with Crippen LogP contribution in [0.5, 0.6) is 0 Å². The van der Waals surface area contributed by atoms with Crippen molar-refractivity contribution in [3.8, 4) is 17.2 Å². The lowest BCUT2D eigenvalue weighted by Gasteiger charge is -2.28. The lowest BCUT2D eigenvalue weighted by atomic mass is 9.81. The number of nitrogens with two attached hydrogens (primary N) is 1. The van der Waals surface area contributed by atoms with E-state index in [2.05, 4.69) is 27.3 Å². The molecule has 0 fully saturated rings. The fourth-order valence-electron chi connectivity index (χ4n) is 12.1. The maximum absolute atomic E-state index is 14.7. The van der Waals surface area contributed by atoms with Gasteiger partial charge in [-0.05, 0) is 166 Å². The molecule has 15 nitrogen and oxygen atoms in total. The Bertz CT molecular complexity index is 4480. The zero-order valence-corrected chi connectivity index (χ0v) is 51.9. The number of hydrogen-bond donors (Lipinski definition) is 2. The molecule has 3 N–H and O–H groups in total. The van der Waals surface area contributed by atoms with Gasteiger partial charge in [0.1, 0.15) is 17.2 Å². The first kappa shape index (κ1) is 61.3. The van der Waals surface area contributed by atoms with Crippen molar-refractivity contribution in [1.29, 1.82) is 5.26 Å². The summed E-state index contributed by atoms with van der Waals surface area (Å²) in [7, 11) is 0. The minimum absolute atomic E-state index is 0.00818. The van der Waals surface area contributed by atoms with Crippen LogP contribution in [0.4, 0.5) is 13.6 Å². The van der Waals surface area contributed by atoms with Crippen molar-refractivity contribution in [1.82, 2.24) is 24.9 Å². The van der Waals surface area contributed by atoms with Gasteiger partial charge >= 0.3 is 6.09 Å². The van der Waals surface area contributed by atoms with Crippen LogP contribution in [0.2, 0.25) is 0 Å². The zero-order valence-electron chi connectivity index (χ0n) is 50.3. The van der Waals surface area contributed by atoms with Gasteiger partial charge in [0, 0.05) is 41.8 Å². The van der Waals surface area contributed by atoms with Crippen LogP contribution in [0.1, 0.15) is 103 Å². The number of halogens is 3. The normalized spacial score (nSPS) is 17.3. The number of nitrogens with one attached hydrogen (secondary N) is 1. The van der Waals surface area contributed by atoms with E-state index in [1.807, 2.05) is 91.0 Å². The van der Waals surface area contributed by atoms with Crippen molar-refractivity contribution in [2.75, 3.05) is 0 Å². The van der Waals surface area contributed by atoms with Gasteiger partial charge in [-0.15, -0.1) is 0 Å². The molecule has 4 heterocycles. The number of ether oxygens (including phenoxy) is 1.